The number of hydrogen-bond acceptors (Lipinski definition) is 5. The Morgan fingerprint density at radius 3 is 2.54 bits per heavy atom. The zero-order chi connectivity index (χ0) is 19.9. The molecule has 3 aromatic rings. The van der Waals surface area contributed by atoms with Crippen LogP contribution in [-0.4, -0.2) is 24.0 Å². The van der Waals surface area contributed by atoms with E-state index in [4.69, 9.17) is 10.5 Å². The first kappa shape index (κ1) is 19.2. The number of nitrogens with two attached hydrogens (primary N) is 1. The molecule has 0 aliphatic carbocycles. The molecule has 0 fully saturated rings. The van der Waals surface area contributed by atoms with Crippen LogP contribution in [0.2, 0.25) is 0 Å². The molecule has 0 unspecified atom stereocenters. The molecule has 3 rings (SSSR count). The number of hydrogen-bond donors (Lipinski definition) is 3. The van der Waals surface area contributed by atoms with Crippen molar-refractivity contribution in [1.82, 2.24) is 10.3 Å². The van der Waals surface area contributed by atoms with Gasteiger partial charge in [0.25, 0.3) is 0 Å². The summed E-state index contributed by atoms with van der Waals surface area (Å²) >= 11 is 0. The van der Waals surface area contributed by atoms with Crippen molar-refractivity contribution in [2.45, 2.75) is 19.5 Å². The summed E-state index contributed by atoms with van der Waals surface area (Å²) in [6.45, 7) is 2.15. The summed E-state index contributed by atoms with van der Waals surface area (Å²) in [5.41, 5.74) is 9.22. The van der Waals surface area contributed by atoms with Gasteiger partial charge in [-0.3, -0.25) is 4.79 Å². The Kier molecular flexibility index (Phi) is 6.11. The van der Waals surface area contributed by atoms with Crippen LogP contribution in [0.3, 0.4) is 0 Å². The van der Waals surface area contributed by atoms with Gasteiger partial charge in [0, 0.05) is 17.7 Å². The van der Waals surface area contributed by atoms with E-state index in [0.717, 1.165) is 22.6 Å². The molecule has 0 aliphatic heterocycles. The molecule has 28 heavy (non-hydrogen) atoms. The Balaban J connectivity index is 1.67. The van der Waals surface area contributed by atoms with Gasteiger partial charge in [0.05, 0.1) is 18.5 Å². The maximum Gasteiger partial charge on any atom is 0.242 e. The van der Waals surface area contributed by atoms with Gasteiger partial charge in [-0.25, -0.2) is 4.98 Å². The predicted molar refractivity (Wildman–Crippen MR) is 112 cm³/mol. The number of rotatable bonds is 7. The fourth-order valence-corrected chi connectivity index (χ4v) is 2.81. The highest BCUT2D eigenvalue weighted by Crippen LogP contribution is 2.23. The van der Waals surface area contributed by atoms with Gasteiger partial charge in [0.1, 0.15) is 11.8 Å². The number of benzene rings is 2. The highest BCUT2D eigenvalue weighted by Gasteiger charge is 2.15. The van der Waals surface area contributed by atoms with Crippen molar-refractivity contribution < 1.29 is 9.53 Å². The number of pyridine rings is 1. The van der Waals surface area contributed by atoms with Gasteiger partial charge >= 0.3 is 0 Å². The van der Waals surface area contributed by atoms with Gasteiger partial charge in [0.15, 0.2) is 5.82 Å². The molecule has 4 N–H and O–H groups in total. The van der Waals surface area contributed by atoms with Crippen LogP contribution in [0.25, 0.3) is 11.3 Å². The highest BCUT2D eigenvalue weighted by molar-refractivity contribution is 5.85. The van der Waals surface area contributed by atoms with E-state index in [1.54, 1.807) is 20.1 Å². The molecule has 1 amide bonds. The maximum absolute atomic E-state index is 12.5. The first-order chi connectivity index (χ1) is 13.6. The van der Waals surface area contributed by atoms with E-state index in [9.17, 15) is 4.79 Å². The largest absolute Gasteiger partial charge is 0.496 e. The molecule has 1 aromatic heterocycles. The van der Waals surface area contributed by atoms with Crippen LogP contribution in [0, 0.1) is 0 Å². The van der Waals surface area contributed by atoms with E-state index in [1.807, 2.05) is 60.7 Å². The van der Waals surface area contributed by atoms with Crippen LogP contribution >= 0.6 is 0 Å². The Morgan fingerprint density at radius 1 is 1.07 bits per heavy atom. The topological polar surface area (TPSA) is 89.3 Å². The van der Waals surface area contributed by atoms with Crippen LogP contribution in [0.4, 0.5) is 11.5 Å². The van der Waals surface area contributed by atoms with Crippen LogP contribution in [0.5, 0.6) is 5.75 Å². The molecule has 1 atom stereocenters. The standard InChI is InChI=1S/C22H24N4O2/c1-15(22(27)24-14-17-10-6-7-11-20(17)28-2)25-21-18(23)12-13-19(26-21)16-8-4-3-5-9-16/h3-13,15H,14,23H2,1-2H3,(H,24,27)(H,25,26)/t15-/m1/s1. The van der Waals surface area contributed by atoms with Crippen LogP contribution in [0.15, 0.2) is 66.7 Å². The average molecular weight is 376 g/mol. The molecular weight excluding hydrogens is 352 g/mol. The van der Waals surface area contributed by atoms with Crippen molar-refractivity contribution in [2.24, 2.45) is 0 Å². The van der Waals surface area contributed by atoms with E-state index in [0.29, 0.717) is 18.1 Å². The van der Waals surface area contributed by atoms with Crippen molar-refractivity contribution in [2.75, 3.05) is 18.2 Å². The number of methoxy groups -OCH3 is 1. The van der Waals surface area contributed by atoms with E-state index in [-0.39, 0.29) is 5.91 Å². The monoisotopic (exact) mass is 376 g/mol. The summed E-state index contributed by atoms with van der Waals surface area (Å²) in [4.78, 5) is 17.1. The Hall–Kier alpha value is -3.54. The number of amides is 1. The highest BCUT2D eigenvalue weighted by atomic mass is 16.5. The number of nitrogens with zero attached hydrogens (tertiary/aromatic N) is 1. The molecule has 0 aliphatic rings. The molecule has 0 saturated carbocycles. The zero-order valence-electron chi connectivity index (χ0n) is 16.0. The first-order valence-electron chi connectivity index (χ1n) is 9.06. The molecule has 6 heteroatoms. The number of nitrogen functional groups attached to an aromatic ring is 1. The number of carbonyl (C=O) groups is 1. The third-order valence-electron chi connectivity index (χ3n) is 4.39. The number of carbonyl (C=O) groups excluding carboxylic acids is 1. The summed E-state index contributed by atoms with van der Waals surface area (Å²) in [5.74, 6) is 1.07. The van der Waals surface area contributed by atoms with Gasteiger partial charge < -0.3 is 21.1 Å². The number of anilines is 2. The molecular formula is C22H24N4O2. The Bertz CT molecular complexity index is 944. The lowest BCUT2D eigenvalue weighted by molar-refractivity contribution is -0.121. The van der Waals surface area contributed by atoms with Gasteiger partial charge in [-0.2, -0.15) is 0 Å². The van der Waals surface area contributed by atoms with Crippen molar-refractivity contribution in [3.05, 3.63) is 72.3 Å². The van der Waals surface area contributed by atoms with Crippen LogP contribution in [0.1, 0.15) is 12.5 Å². The summed E-state index contributed by atoms with van der Waals surface area (Å²) in [6, 6.07) is 20.5. The van der Waals surface area contributed by atoms with Gasteiger partial charge in [-0.1, -0.05) is 48.5 Å². The molecule has 1 heterocycles. The lowest BCUT2D eigenvalue weighted by atomic mass is 10.1. The summed E-state index contributed by atoms with van der Waals surface area (Å²) in [7, 11) is 1.61. The maximum atomic E-state index is 12.5. The smallest absolute Gasteiger partial charge is 0.242 e. The first-order valence-corrected chi connectivity index (χ1v) is 9.06. The Labute approximate surface area is 164 Å². The van der Waals surface area contributed by atoms with Crippen LogP contribution < -0.4 is 21.1 Å². The summed E-state index contributed by atoms with van der Waals surface area (Å²) < 4.78 is 5.31. The molecule has 144 valence electrons. The second-order valence-electron chi connectivity index (χ2n) is 6.40. The fraction of sp³-hybridized carbons (Fsp3) is 0.182. The predicted octanol–water partition coefficient (Wildman–Crippen LogP) is 3.46. The molecule has 0 spiro atoms. The number of nitrogens with one attached hydrogen (secondary N) is 2. The van der Waals surface area contributed by atoms with Crippen molar-refractivity contribution in [1.29, 1.82) is 0 Å². The fourth-order valence-electron chi connectivity index (χ4n) is 2.81. The van der Waals surface area contributed by atoms with Gasteiger partial charge in [-0.15, -0.1) is 0 Å². The lowest BCUT2D eigenvalue weighted by Crippen LogP contribution is -2.37. The van der Waals surface area contributed by atoms with Crippen molar-refractivity contribution >= 4 is 17.4 Å². The van der Waals surface area contributed by atoms with E-state index in [1.165, 1.54) is 0 Å². The van der Waals surface area contributed by atoms with Gasteiger partial charge in [0.2, 0.25) is 5.91 Å². The van der Waals surface area contributed by atoms with Crippen molar-refractivity contribution in [3.8, 4) is 17.0 Å². The third-order valence-corrected chi connectivity index (χ3v) is 4.39. The molecule has 0 saturated heterocycles. The quantitative estimate of drug-likeness (QED) is 0.588. The molecule has 0 radical (unpaired) electrons. The normalized spacial score (nSPS) is 11.5. The zero-order valence-corrected chi connectivity index (χ0v) is 16.0. The van der Waals surface area contributed by atoms with Gasteiger partial charge in [-0.05, 0) is 25.1 Å². The lowest BCUT2D eigenvalue weighted by Gasteiger charge is -2.17. The SMILES string of the molecule is COc1ccccc1CNC(=O)[C@@H](C)Nc1nc(-c2ccccc2)ccc1N. The van der Waals surface area contributed by atoms with Crippen molar-refractivity contribution in [3.63, 3.8) is 0 Å². The summed E-state index contributed by atoms with van der Waals surface area (Å²) in [5, 5.41) is 6.01. The second-order valence-corrected chi connectivity index (χ2v) is 6.40. The minimum atomic E-state index is -0.504. The number of para-hydroxylation sites is 1. The Morgan fingerprint density at radius 2 is 1.79 bits per heavy atom. The second kappa shape index (κ2) is 8.90. The van der Waals surface area contributed by atoms with E-state index >= 15 is 0 Å². The van der Waals surface area contributed by atoms with E-state index < -0.39 is 6.04 Å². The summed E-state index contributed by atoms with van der Waals surface area (Å²) in [6.07, 6.45) is 0. The third kappa shape index (κ3) is 4.59. The van der Waals surface area contributed by atoms with Crippen LogP contribution in [-0.2, 0) is 11.3 Å². The average Bonchev–Trinajstić information content (AvgIpc) is 2.74. The van der Waals surface area contributed by atoms with E-state index in [2.05, 4.69) is 15.6 Å². The minimum Gasteiger partial charge on any atom is -0.496 e. The minimum absolute atomic E-state index is 0.155. The molecule has 0 bridgehead atoms. The molecule has 6 nitrogen and oxygen atoms in total. The number of aromatic nitrogens is 1. The number of ether oxygens (including phenoxy) is 1. The molecule has 2 aromatic carbocycles.